The largest absolute Gasteiger partial charge is 0.388 e. The molecule has 0 fully saturated rings. The van der Waals surface area contributed by atoms with E-state index in [1.165, 1.54) is 24.3 Å². The highest BCUT2D eigenvalue weighted by molar-refractivity contribution is 5.95. The van der Waals surface area contributed by atoms with Crippen molar-refractivity contribution < 1.29 is 14.8 Å². The van der Waals surface area contributed by atoms with Gasteiger partial charge in [-0.15, -0.1) is 0 Å². The Morgan fingerprint density at radius 3 is 2.56 bits per heavy atom. The molecule has 0 saturated carbocycles. The first-order valence-electron chi connectivity index (χ1n) is 5.48. The van der Waals surface area contributed by atoms with E-state index in [9.17, 15) is 20.0 Å². The summed E-state index contributed by atoms with van der Waals surface area (Å²) in [5.74, 6) is 4.69. The van der Waals surface area contributed by atoms with Gasteiger partial charge in [0.05, 0.1) is 11.0 Å². The van der Waals surface area contributed by atoms with Crippen LogP contribution in [0.25, 0.3) is 0 Å². The number of carbonyl (C=O) groups is 1. The molecular formula is C13H13NO4. The average molecular weight is 247 g/mol. The monoisotopic (exact) mass is 247 g/mol. The fourth-order valence-electron chi connectivity index (χ4n) is 1.35. The second-order valence-corrected chi connectivity index (χ2v) is 3.65. The van der Waals surface area contributed by atoms with Crippen molar-refractivity contribution in [2.75, 3.05) is 0 Å². The summed E-state index contributed by atoms with van der Waals surface area (Å²) in [6.45, 7) is 1.83. The number of carbonyl (C=O) groups excluding carboxylic acids is 1. The molecule has 0 spiro atoms. The summed E-state index contributed by atoms with van der Waals surface area (Å²) in [7, 11) is 0. The van der Waals surface area contributed by atoms with Crippen LogP contribution >= 0.6 is 0 Å². The van der Waals surface area contributed by atoms with Crippen molar-refractivity contribution in [2.45, 2.75) is 25.9 Å². The molecule has 0 bridgehead atoms. The van der Waals surface area contributed by atoms with Gasteiger partial charge in [0.2, 0.25) is 5.78 Å². The number of non-ortho nitro benzene ring substituents is 1. The molecule has 18 heavy (non-hydrogen) atoms. The molecule has 0 aromatic heterocycles. The first kappa shape index (κ1) is 13.9. The Hall–Kier alpha value is -2.19. The van der Waals surface area contributed by atoms with Crippen molar-refractivity contribution in [2.24, 2.45) is 0 Å². The lowest BCUT2D eigenvalue weighted by Gasteiger charge is -2.07. The second-order valence-electron chi connectivity index (χ2n) is 3.65. The van der Waals surface area contributed by atoms with Gasteiger partial charge in [-0.1, -0.05) is 12.8 Å². The van der Waals surface area contributed by atoms with Crippen LogP contribution in [0.5, 0.6) is 0 Å². The Morgan fingerprint density at radius 1 is 1.44 bits per heavy atom. The number of nitro benzene ring substituents is 1. The van der Waals surface area contributed by atoms with Gasteiger partial charge in [0.25, 0.3) is 5.69 Å². The van der Waals surface area contributed by atoms with Gasteiger partial charge in [0.1, 0.15) is 0 Å². The molecule has 0 heterocycles. The normalized spacial score (nSPS) is 11.2. The Morgan fingerprint density at radius 2 is 2.06 bits per heavy atom. The molecule has 1 N–H and O–H groups in total. The van der Waals surface area contributed by atoms with Gasteiger partial charge in [-0.05, 0) is 23.6 Å². The third-order valence-corrected chi connectivity index (χ3v) is 2.27. The number of aliphatic hydroxyl groups is 1. The van der Waals surface area contributed by atoms with E-state index in [4.69, 9.17) is 0 Å². The molecule has 5 heteroatoms. The quantitative estimate of drug-likeness (QED) is 0.382. The van der Waals surface area contributed by atoms with Crippen molar-refractivity contribution in [1.82, 2.24) is 0 Å². The molecule has 0 aliphatic heterocycles. The van der Waals surface area contributed by atoms with Crippen LogP contribution in [-0.2, 0) is 4.79 Å². The van der Waals surface area contributed by atoms with Crippen LogP contribution in [0.3, 0.4) is 0 Å². The molecule has 1 rings (SSSR count). The van der Waals surface area contributed by atoms with E-state index in [0.29, 0.717) is 12.0 Å². The SMILES string of the molecule is CCC#CC(=O)CC(O)c1ccc([N+](=O)[O-])cc1. The molecule has 1 aromatic rings. The first-order valence-corrected chi connectivity index (χ1v) is 5.48. The number of Topliss-reactive ketones (excluding diaryl/α,β-unsaturated/α-hetero) is 1. The topological polar surface area (TPSA) is 80.4 Å². The van der Waals surface area contributed by atoms with Crippen molar-refractivity contribution in [1.29, 1.82) is 0 Å². The van der Waals surface area contributed by atoms with E-state index in [0.717, 1.165) is 0 Å². The molecule has 0 amide bonds. The van der Waals surface area contributed by atoms with Crippen LogP contribution in [0.15, 0.2) is 24.3 Å². The van der Waals surface area contributed by atoms with E-state index in [1.807, 2.05) is 6.92 Å². The molecule has 0 aliphatic rings. The predicted molar refractivity (Wildman–Crippen MR) is 65.7 cm³/mol. The van der Waals surface area contributed by atoms with Crippen molar-refractivity contribution in [3.05, 3.63) is 39.9 Å². The van der Waals surface area contributed by atoms with Gasteiger partial charge in [-0.25, -0.2) is 0 Å². The van der Waals surface area contributed by atoms with Gasteiger partial charge in [-0.2, -0.15) is 0 Å². The molecule has 1 unspecified atom stereocenters. The number of aliphatic hydroxyl groups excluding tert-OH is 1. The van der Waals surface area contributed by atoms with E-state index >= 15 is 0 Å². The maximum atomic E-state index is 11.3. The number of benzene rings is 1. The Labute approximate surface area is 105 Å². The minimum absolute atomic E-state index is 0.0527. The van der Waals surface area contributed by atoms with Crippen LogP contribution in [0.1, 0.15) is 31.4 Å². The minimum atomic E-state index is -0.982. The summed E-state index contributed by atoms with van der Waals surface area (Å²) in [4.78, 5) is 21.2. The Balaban J connectivity index is 2.69. The molecule has 0 radical (unpaired) electrons. The van der Waals surface area contributed by atoms with Gasteiger partial charge < -0.3 is 5.11 Å². The summed E-state index contributed by atoms with van der Waals surface area (Å²) in [5, 5.41) is 20.2. The van der Waals surface area contributed by atoms with Crippen LogP contribution in [-0.4, -0.2) is 15.8 Å². The maximum Gasteiger partial charge on any atom is 0.269 e. The maximum absolute atomic E-state index is 11.3. The Bertz CT molecular complexity index is 496. The average Bonchev–Trinajstić information content (AvgIpc) is 2.36. The summed E-state index contributed by atoms with van der Waals surface area (Å²) in [6, 6.07) is 5.45. The smallest absolute Gasteiger partial charge is 0.269 e. The predicted octanol–water partition coefficient (Wildman–Crippen LogP) is 2.00. The highest BCUT2D eigenvalue weighted by Gasteiger charge is 2.13. The molecular weight excluding hydrogens is 234 g/mol. The molecule has 1 aromatic carbocycles. The highest BCUT2D eigenvalue weighted by atomic mass is 16.6. The number of rotatable bonds is 4. The Kier molecular flexibility index (Phi) is 5.03. The third-order valence-electron chi connectivity index (χ3n) is 2.27. The summed E-state index contributed by atoms with van der Waals surface area (Å²) < 4.78 is 0. The van der Waals surface area contributed by atoms with E-state index in [1.54, 1.807) is 0 Å². The fraction of sp³-hybridized carbons (Fsp3) is 0.308. The standard InChI is InChI=1S/C13H13NO4/c1-2-3-4-12(15)9-13(16)10-5-7-11(8-6-10)14(17)18/h5-8,13,16H,2,9H2,1H3. The second kappa shape index (κ2) is 6.52. The van der Waals surface area contributed by atoms with Gasteiger partial charge >= 0.3 is 0 Å². The summed E-state index contributed by atoms with van der Waals surface area (Å²) in [5.41, 5.74) is 0.412. The summed E-state index contributed by atoms with van der Waals surface area (Å²) >= 11 is 0. The minimum Gasteiger partial charge on any atom is -0.388 e. The number of nitro groups is 1. The van der Waals surface area contributed by atoms with Crippen molar-refractivity contribution >= 4 is 11.5 Å². The zero-order chi connectivity index (χ0) is 13.5. The van der Waals surface area contributed by atoms with Crippen LogP contribution in [0.2, 0.25) is 0 Å². The van der Waals surface area contributed by atoms with Crippen LogP contribution < -0.4 is 0 Å². The lowest BCUT2D eigenvalue weighted by Crippen LogP contribution is -2.04. The van der Waals surface area contributed by atoms with Crippen molar-refractivity contribution in [3.63, 3.8) is 0 Å². The zero-order valence-corrected chi connectivity index (χ0v) is 9.92. The first-order chi connectivity index (χ1) is 8.54. The number of ketones is 1. The van der Waals surface area contributed by atoms with Crippen LogP contribution in [0.4, 0.5) is 5.69 Å². The van der Waals surface area contributed by atoms with Crippen LogP contribution in [0, 0.1) is 22.0 Å². The number of hydrogen-bond donors (Lipinski definition) is 1. The number of nitrogens with zero attached hydrogens (tertiary/aromatic N) is 1. The third kappa shape index (κ3) is 4.00. The zero-order valence-electron chi connectivity index (χ0n) is 9.92. The van der Waals surface area contributed by atoms with Crippen molar-refractivity contribution in [3.8, 4) is 11.8 Å². The lowest BCUT2D eigenvalue weighted by atomic mass is 10.0. The highest BCUT2D eigenvalue weighted by Crippen LogP contribution is 2.20. The van der Waals surface area contributed by atoms with Gasteiger partial charge in [0.15, 0.2) is 0 Å². The molecule has 94 valence electrons. The lowest BCUT2D eigenvalue weighted by molar-refractivity contribution is -0.384. The molecule has 0 saturated heterocycles. The fourth-order valence-corrected chi connectivity index (χ4v) is 1.35. The van der Waals surface area contributed by atoms with Gasteiger partial charge in [-0.3, -0.25) is 14.9 Å². The van der Waals surface area contributed by atoms with Gasteiger partial charge in [0, 0.05) is 25.0 Å². The van der Waals surface area contributed by atoms with E-state index in [-0.39, 0.29) is 17.9 Å². The molecule has 0 aliphatic carbocycles. The number of hydrogen-bond acceptors (Lipinski definition) is 4. The molecule has 5 nitrogen and oxygen atoms in total. The molecule has 1 atom stereocenters. The van der Waals surface area contributed by atoms with E-state index in [2.05, 4.69) is 11.8 Å². The van der Waals surface area contributed by atoms with E-state index < -0.39 is 11.0 Å². The summed E-state index contributed by atoms with van der Waals surface area (Å²) in [6.07, 6.45) is -0.506.